The van der Waals surface area contributed by atoms with Crippen LogP contribution in [-0.4, -0.2) is 36.9 Å². The highest BCUT2D eigenvalue weighted by Crippen LogP contribution is 2.06. The zero-order valence-corrected chi connectivity index (χ0v) is 10.9. The molecular formula is C14H18O5. The topological polar surface area (TPSA) is 72.8 Å². The van der Waals surface area contributed by atoms with Gasteiger partial charge in [-0.15, -0.1) is 0 Å². The highest BCUT2D eigenvalue weighted by Gasteiger charge is 2.09. The Labute approximate surface area is 112 Å². The molecule has 0 bridgehead atoms. The molecule has 0 unspecified atom stereocenters. The zero-order valence-electron chi connectivity index (χ0n) is 10.9. The van der Waals surface area contributed by atoms with E-state index < -0.39 is 11.9 Å². The maximum absolute atomic E-state index is 11.2. The molecule has 1 heterocycles. The third-order valence-electron chi connectivity index (χ3n) is 2.45. The summed E-state index contributed by atoms with van der Waals surface area (Å²) in [6, 6.07) is 5.74. The van der Waals surface area contributed by atoms with Crippen molar-refractivity contribution in [1.82, 2.24) is 0 Å². The summed E-state index contributed by atoms with van der Waals surface area (Å²) in [5, 5.41) is 8.67. The highest BCUT2D eigenvalue weighted by molar-refractivity contribution is 5.94. The number of aromatic carboxylic acids is 1. The van der Waals surface area contributed by atoms with Crippen LogP contribution in [0.4, 0.5) is 0 Å². The van der Waals surface area contributed by atoms with Gasteiger partial charge in [0, 0.05) is 13.2 Å². The Balaban J connectivity index is 0.000000300. The van der Waals surface area contributed by atoms with E-state index in [1.165, 1.54) is 37.1 Å². The lowest BCUT2D eigenvalue weighted by Crippen LogP contribution is -2.06. The molecule has 2 rings (SSSR count). The van der Waals surface area contributed by atoms with Crippen molar-refractivity contribution in [3.63, 3.8) is 0 Å². The Bertz CT molecular complexity index is 416. The van der Waals surface area contributed by atoms with E-state index in [-0.39, 0.29) is 17.7 Å². The standard InChI is InChI=1S/C10H10O4.C4H8O/c1-2-14-10(13)8-5-3-4-7(6-8)9(11)12;1-2-4-5-3-1/h3-6H,2H2,1H3,(H,11,12);1-4H2. The first-order chi connectivity index (χ1) is 9.15. The van der Waals surface area contributed by atoms with Gasteiger partial charge in [-0.1, -0.05) is 6.07 Å². The van der Waals surface area contributed by atoms with Crippen LogP contribution in [0.1, 0.15) is 40.5 Å². The van der Waals surface area contributed by atoms with Gasteiger partial charge in [-0.2, -0.15) is 0 Å². The Hall–Kier alpha value is -1.88. The van der Waals surface area contributed by atoms with Crippen LogP contribution in [0.25, 0.3) is 0 Å². The number of carboxylic acid groups (broad SMARTS) is 1. The summed E-state index contributed by atoms with van der Waals surface area (Å²) in [7, 11) is 0. The predicted octanol–water partition coefficient (Wildman–Crippen LogP) is 2.36. The van der Waals surface area contributed by atoms with Crippen LogP contribution in [0.5, 0.6) is 0 Å². The van der Waals surface area contributed by atoms with Crippen LogP contribution in [0, 0.1) is 0 Å². The van der Waals surface area contributed by atoms with Gasteiger partial charge in [-0.05, 0) is 38.0 Å². The van der Waals surface area contributed by atoms with Gasteiger partial charge in [-0.25, -0.2) is 9.59 Å². The molecule has 1 fully saturated rings. The fourth-order valence-corrected chi connectivity index (χ4v) is 1.50. The van der Waals surface area contributed by atoms with E-state index in [1.807, 2.05) is 0 Å². The number of ether oxygens (including phenoxy) is 2. The molecule has 0 atom stereocenters. The van der Waals surface area contributed by atoms with Gasteiger partial charge in [0.1, 0.15) is 0 Å². The van der Waals surface area contributed by atoms with Crippen LogP contribution in [0.15, 0.2) is 24.3 Å². The molecule has 1 aromatic carbocycles. The fraction of sp³-hybridized carbons (Fsp3) is 0.429. The maximum atomic E-state index is 11.2. The zero-order chi connectivity index (χ0) is 14.1. The summed E-state index contributed by atoms with van der Waals surface area (Å²) in [4.78, 5) is 21.8. The highest BCUT2D eigenvalue weighted by atomic mass is 16.5. The van der Waals surface area contributed by atoms with Gasteiger partial charge in [0.15, 0.2) is 0 Å². The van der Waals surface area contributed by atoms with Gasteiger partial charge >= 0.3 is 11.9 Å². The first-order valence-electron chi connectivity index (χ1n) is 6.23. The number of carbonyl (C=O) groups excluding carboxylic acids is 1. The number of benzene rings is 1. The van der Waals surface area contributed by atoms with Crippen molar-refractivity contribution in [3.8, 4) is 0 Å². The Kier molecular flexibility index (Phi) is 6.60. The van der Waals surface area contributed by atoms with Crippen molar-refractivity contribution >= 4 is 11.9 Å². The van der Waals surface area contributed by atoms with Crippen LogP contribution in [0.3, 0.4) is 0 Å². The Morgan fingerprint density at radius 2 is 1.89 bits per heavy atom. The molecular weight excluding hydrogens is 248 g/mol. The van der Waals surface area contributed by atoms with Crippen LogP contribution < -0.4 is 0 Å². The normalized spacial score (nSPS) is 13.3. The number of carboxylic acids is 1. The van der Waals surface area contributed by atoms with Crippen LogP contribution in [0.2, 0.25) is 0 Å². The smallest absolute Gasteiger partial charge is 0.338 e. The number of carbonyl (C=O) groups is 2. The van der Waals surface area contributed by atoms with Crippen LogP contribution >= 0.6 is 0 Å². The second-order valence-corrected chi connectivity index (χ2v) is 3.93. The number of esters is 1. The monoisotopic (exact) mass is 266 g/mol. The maximum Gasteiger partial charge on any atom is 0.338 e. The molecule has 0 aliphatic carbocycles. The van der Waals surface area contributed by atoms with E-state index in [9.17, 15) is 9.59 Å². The summed E-state index contributed by atoms with van der Waals surface area (Å²) in [5.74, 6) is -1.56. The number of hydrogen-bond donors (Lipinski definition) is 1. The molecule has 1 aromatic rings. The lowest BCUT2D eigenvalue weighted by atomic mass is 10.1. The SMILES string of the molecule is C1CCOC1.CCOC(=O)c1cccc(C(=O)O)c1. The van der Waals surface area contributed by atoms with Gasteiger partial charge < -0.3 is 14.6 Å². The second kappa shape index (κ2) is 8.26. The first-order valence-corrected chi connectivity index (χ1v) is 6.23. The molecule has 5 heteroatoms. The summed E-state index contributed by atoms with van der Waals surface area (Å²) in [5.41, 5.74) is 0.335. The Morgan fingerprint density at radius 3 is 2.37 bits per heavy atom. The van der Waals surface area contributed by atoms with E-state index >= 15 is 0 Å². The summed E-state index contributed by atoms with van der Waals surface area (Å²) in [6.45, 7) is 3.97. The van der Waals surface area contributed by atoms with Crippen molar-refractivity contribution < 1.29 is 24.2 Å². The average Bonchev–Trinajstić information content (AvgIpc) is 2.98. The van der Waals surface area contributed by atoms with Crippen LogP contribution in [-0.2, 0) is 9.47 Å². The minimum absolute atomic E-state index is 0.0792. The van der Waals surface area contributed by atoms with Crippen molar-refractivity contribution in [2.75, 3.05) is 19.8 Å². The van der Waals surface area contributed by atoms with E-state index in [2.05, 4.69) is 0 Å². The first kappa shape index (κ1) is 15.2. The minimum atomic E-state index is -1.06. The van der Waals surface area contributed by atoms with Crippen molar-refractivity contribution in [3.05, 3.63) is 35.4 Å². The average molecular weight is 266 g/mol. The lowest BCUT2D eigenvalue weighted by Gasteiger charge is -2.01. The molecule has 19 heavy (non-hydrogen) atoms. The molecule has 104 valence electrons. The lowest BCUT2D eigenvalue weighted by molar-refractivity contribution is 0.0526. The summed E-state index contributed by atoms with van der Waals surface area (Å²) in [6.07, 6.45) is 2.56. The molecule has 0 aromatic heterocycles. The fourth-order valence-electron chi connectivity index (χ4n) is 1.50. The molecule has 5 nitrogen and oxygen atoms in total. The Morgan fingerprint density at radius 1 is 1.26 bits per heavy atom. The van der Waals surface area contributed by atoms with Gasteiger partial charge in [0.2, 0.25) is 0 Å². The molecule has 1 aliphatic rings. The van der Waals surface area contributed by atoms with E-state index in [0.29, 0.717) is 0 Å². The van der Waals surface area contributed by atoms with Gasteiger partial charge in [-0.3, -0.25) is 0 Å². The summed E-state index contributed by atoms with van der Waals surface area (Å²) >= 11 is 0. The molecule has 1 aliphatic heterocycles. The van der Waals surface area contributed by atoms with Crippen molar-refractivity contribution in [1.29, 1.82) is 0 Å². The van der Waals surface area contributed by atoms with E-state index in [1.54, 1.807) is 6.92 Å². The quantitative estimate of drug-likeness (QED) is 0.850. The molecule has 1 saturated heterocycles. The van der Waals surface area contributed by atoms with Crippen molar-refractivity contribution in [2.45, 2.75) is 19.8 Å². The number of hydrogen-bond acceptors (Lipinski definition) is 4. The third-order valence-corrected chi connectivity index (χ3v) is 2.45. The molecule has 1 N–H and O–H groups in total. The molecule has 0 amide bonds. The number of rotatable bonds is 3. The van der Waals surface area contributed by atoms with E-state index in [4.69, 9.17) is 14.6 Å². The van der Waals surface area contributed by atoms with E-state index in [0.717, 1.165) is 13.2 Å². The van der Waals surface area contributed by atoms with Gasteiger partial charge in [0.05, 0.1) is 17.7 Å². The largest absolute Gasteiger partial charge is 0.478 e. The summed E-state index contributed by atoms with van der Waals surface area (Å²) < 4.78 is 9.68. The predicted molar refractivity (Wildman–Crippen MR) is 69.4 cm³/mol. The molecule has 0 spiro atoms. The second-order valence-electron chi connectivity index (χ2n) is 3.93. The van der Waals surface area contributed by atoms with Gasteiger partial charge in [0.25, 0.3) is 0 Å². The third kappa shape index (κ3) is 5.52. The minimum Gasteiger partial charge on any atom is -0.478 e. The van der Waals surface area contributed by atoms with Crippen molar-refractivity contribution in [2.24, 2.45) is 0 Å². The molecule has 0 saturated carbocycles. The molecule has 0 radical (unpaired) electrons.